The normalized spacial score (nSPS) is 10.2. The van der Waals surface area contributed by atoms with Gasteiger partial charge >= 0.3 is 0 Å². The highest BCUT2D eigenvalue weighted by atomic mass is 79.9. The van der Waals surface area contributed by atoms with Crippen molar-refractivity contribution in [3.8, 4) is 11.6 Å². The molecule has 0 saturated carbocycles. The first kappa shape index (κ1) is 11.1. The first-order valence-corrected chi connectivity index (χ1v) is 5.51. The van der Waals surface area contributed by atoms with E-state index in [0.29, 0.717) is 5.75 Å². The number of halogens is 2. The van der Waals surface area contributed by atoms with Crippen molar-refractivity contribution in [3.63, 3.8) is 0 Å². The third kappa shape index (κ3) is 2.58. The van der Waals surface area contributed by atoms with Crippen molar-refractivity contribution in [2.45, 2.75) is 6.92 Å². The van der Waals surface area contributed by atoms with Gasteiger partial charge in [0, 0.05) is 6.07 Å². The molecule has 0 fully saturated rings. The van der Waals surface area contributed by atoms with Gasteiger partial charge in [-0.05, 0) is 46.6 Å². The maximum Gasteiger partial charge on any atom is 0.221 e. The van der Waals surface area contributed by atoms with Crippen molar-refractivity contribution in [1.82, 2.24) is 4.98 Å². The predicted octanol–water partition coefficient (Wildman–Crippen LogP) is 4.08. The summed E-state index contributed by atoms with van der Waals surface area (Å²) in [7, 11) is 0. The molecule has 16 heavy (non-hydrogen) atoms. The molecular weight excluding hydrogens is 273 g/mol. The summed E-state index contributed by atoms with van der Waals surface area (Å²) < 4.78 is 19.1. The second-order valence-electron chi connectivity index (χ2n) is 3.33. The largest absolute Gasteiger partial charge is 0.438 e. The van der Waals surface area contributed by atoms with Gasteiger partial charge in [-0.15, -0.1) is 0 Å². The van der Waals surface area contributed by atoms with E-state index in [1.807, 2.05) is 25.1 Å². The number of benzene rings is 1. The molecule has 0 saturated heterocycles. The Hall–Kier alpha value is -1.42. The molecule has 2 nitrogen and oxygen atoms in total. The fourth-order valence-corrected chi connectivity index (χ4v) is 1.82. The highest BCUT2D eigenvalue weighted by Crippen LogP contribution is 2.29. The Morgan fingerprint density at radius 1 is 1.25 bits per heavy atom. The minimum Gasteiger partial charge on any atom is -0.438 e. The first-order valence-electron chi connectivity index (χ1n) is 4.72. The van der Waals surface area contributed by atoms with Gasteiger partial charge in [0.05, 0.1) is 4.47 Å². The molecule has 0 radical (unpaired) electrons. The van der Waals surface area contributed by atoms with Crippen LogP contribution in [0.1, 0.15) is 5.56 Å². The zero-order chi connectivity index (χ0) is 11.5. The summed E-state index contributed by atoms with van der Waals surface area (Å²) in [6, 6.07) is 10.1. The van der Waals surface area contributed by atoms with E-state index < -0.39 is 5.95 Å². The fourth-order valence-electron chi connectivity index (χ4n) is 1.25. The van der Waals surface area contributed by atoms with Crippen molar-refractivity contribution in [3.05, 3.63) is 52.4 Å². The molecular formula is C12H9BrFNO. The molecule has 0 amide bonds. The van der Waals surface area contributed by atoms with Crippen LogP contribution >= 0.6 is 15.9 Å². The van der Waals surface area contributed by atoms with Crippen LogP contribution in [0.2, 0.25) is 0 Å². The molecule has 0 spiro atoms. The van der Waals surface area contributed by atoms with Crippen LogP contribution in [0.4, 0.5) is 4.39 Å². The number of ether oxygens (including phenoxy) is 1. The van der Waals surface area contributed by atoms with Gasteiger partial charge in [0.25, 0.3) is 0 Å². The minimum absolute atomic E-state index is 0.240. The summed E-state index contributed by atoms with van der Waals surface area (Å²) in [6.07, 6.45) is 0. The van der Waals surface area contributed by atoms with Crippen LogP contribution in [-0.2, 0) is 0 Å². The second kappa shape index (κ2) is 4.61. The van der Waals surface area contributed by atoms with Crippen molar-refractivity contribution in [2.24, 2.45) is 0 Å². The van der Waals surface area contributed by atoms with Gasteiger partial charge in [-0.2, -0.15) is 9.37 Å². The third-order valence-electron chi connectivity index (χ3n) is 1.99. The molecule has 2 aromatic rings. The lowest BCUT2D eigenvalue weighted by Crippen LogP contribution is -1.90. The van der Waals surface area contributed by atoms with Crippen LogP contribution in [-0.4, -0.2) is 4.98 Å². The van der Waals surface area contributed by atoms with Gasteiger partial charge in [-0.25, -0.2) is 0 Å². The summed E-state index contributed by atoms with van der Waals surface area (Å²) >= 11 is 3.38. The summed E-state index contributed by atoms with van der Waals surface area (Å²) in [5, 5.41) is 0. The van der Waals surface area contributed by atoms with Crippen LogP contribution < -0.4 is 4.74 Å². The maximum absolute atomic E-state index is 12.8. The Balaban J connectivity index is 2.27. The number of rotatable bonds is 2. The van der Waals surface area contributed by atoms with Gasteiger partial charge < -0.3 is 4.74 Å². The quantitative estimate of drug-likeness (QED) is 0.774. The van der Waals surface area contributed by atoms with E-state index in [2.05, 4.69) is 20.9 Å². The van der Waals surface area contributed by atoms with Gasteiger partial charge in [0.15, 0.2) is 0 Å². The first-order chi connectivity index (χ1) is 7.65. The van der Waals surface area contributed by atoms with Crippen LogP contribution in [0.15, 0.2) is 40.9 Å². The smallest absolute Gasteiger partial charge is 0.221 e. The fraction of sp³-hybridized carbons (Fsp3) is 0.0833. The summed E-state index contributed by atoms with van der Waals surface area (Å²) in [4.78, 5) is 3.62. The third-order valence-corrected chi connectivity index (χ3v) is 2.61. The molecule has 1 heterocycles. The Kier molecular flexibility index (Phi) is 3.19. The summed E-state index contributed by atoms with van der Waals surface area (Å²) in [5.74, 6) is 0.300. The Morgan fingerprint density at radius 3 is 2.75 bits per heavy atom. The number of aryl methyl sites for hydroxylation is 1. The standard InChI is InChI=1S/C12H9BrFNO/c1-8-5-6-10(9(13)7-8)16-12-4-2-3-11(14)15-12/h2-7H,1H3. The molecule has 0 aliphatic heterocycles. The minimum atomic E-state index is -0.555. The predicted molar refractivity (Wildman–Crippen MR) is 63.1 cm³/mol. The van der Waals surface area contributed by atoms with E-state index in [9.17, 15) is 4.39 Å². The molecule has 82 valence electrons. The van der Waals surface area contributed by atoms with E-state index in [1.54, 1.807) is 12.1 Å². The number of pyridine rings is 1. The molecule has 0 unspecified atom stereocenters. The number of nitrogens with zero attached hydrogens (tertiary/aromatic N) is 1. The Labute approximate surface area is 101 Å². The van der Waals surface area contributed by atoms with E-state index in [0.717, 1.165) is 10.0 Å². The molecule has 0 bridgehead atoms. The van der Waals surface area contributed by atoms with E-state index in [1.165, 1.54) is 6.07 Å². The topological polar surface area (TPSA) is 22.1 Å². The van der Waals surface area contributed by atoms with Crippen LogP contribution in [0.5, 0.6) is 11.6 Å². The molecule has 0 atom stereocenters. The molecule has 1 aromatic heterocycles. The highest BCUT2D eigenvalue weighted by Gasteiger charge is 2.04. The molecule has 1 aromatic carbocycles. The van der Waals surface area contributed by atoms with Gasteiger partial charge in [-0.3, -0.25) is 0 Å². The zero-order valence-electron chi connectivity index (χ0n) is 8.58. The maximum atomic E-state index is 12.8. The SMILES string of the molecule is Cc1ccc(Oc2cccc(F)n2)c(Br)c1. The van der Waals surface area contributed by atoms with Gasteiger partial charge in [0.1, 0.15) is 5.75 Å². The van der Waals surface area contributed by atoms with Crippen LogP contribution in [0.3, 0.4) is 0 Å². The number of aromatic nitrogens is 1. The second-order valence-corrected chi connectivity index (χ2v) is 4.19. The number of hydrogen-bond donors (Lipinski definition) is 0. The average molecular weight is 282 g/mol. The zero-order valence-corrected chi connectivity index (χ0v) is 10.2. The van der Waals surface area contributed by atoms with E-state index in [-0.39, 0.29) is 5.88 Å². The van der Waals surface area contributed by atoms with Crippen molar-refractivity contribution in [2.75, 3.05) is 0 Å². The summed E-state index contributed by atoms with van der Waals surface area (Å²) in [6.45, 7) is 1.98. The highest BCUT2D eigenvalue weighted by molar-refractivity contribution is 9.10. The van der Waals surface area contributed by atoms with Crippen molar-refractivity contribution in [1.29, 1.82) is 0 Å². The van der Waals surface area contributed by atoms with Crippen LogP contribution in [0.25, 0.3) is 0 Å². The molecule has 0 aliphatic carbocycles. The molecule has 0 aliphatic rings. The average Bonchev–Trinajstić information content (AvgIpc) is 2.22. The monoisotopic (exact) mass is 281 g/mol. The Bertz CT molecular complexity index is 516. The Morgan fingerprint density at radius 2 is 2.06 bits per heavy atom. The number of hydrogen-bond acceptors (Lipinski definition) is 2. The van der Waals surface area contributed by atoms with Crippen molar-refractivity contribution < 1.29 is 9.13 Å². The molecule has 2 rings (SSSR count). The lowest BCUT2D eigenvalue weighted by atomic mass is 10.2. The molecule has 4 heteroatoms. The van der Waals surface area contributed by atoms with E-state index >= 15 is 0 Å². The lowest BCUT2D eigenvalue weighted by Gasteiger charge is -2.07. The van der Waals surface area contributed by atoms with E-state index in [4.69, 9.17) is 4.74 Å². The van der Waals surface area contributed by atoms with Gasteiger partial charge in [0.2, 0.25) is 11.8 Å². The van der Waals surface area contributed by atoms with Crippen molar-refractivity contribution >= 4 is 15.9 Å². The molecule has 0 N–H and O–H groups in total. The van der Waals surface area contributed by atoms with Crippen LogP contribution in [0, 0.1) is 12.9 Å². The summed E-state index contributed by atoms with van der Waals surface area (Å²) in [5.41, 5.74) is 1.12. The lowest BCUT2D eigenvalue weighted by molar-refractivity contribution is 0.443. The van der Waals surface area contributed by atoms with Gasteiger partial charge in [-0.1, -0.05) is 12.1 Å².